The molecule has 4 rings (SSSR count). The van der Waals surface area contributed by atoms with E-state index in [1.54, 1.807) is 0 Å². The minimum Gasteiger partial charge on any atom is -0.324 e. The Labute approximate surface area is 147 Å². The van der Waals surface area contributed by atoms with Crippen LogP contribution in [0.1, 0.15) is 40.7 Å². The Balaban J connectivity index is 1.63. The van der Waals surface area contributed by atoms with Crippen LogP contribution in [0.2, 0.25) is 0 Å². The van der Waals surface area contributed by atoms with Gasteiger partial charge in [-0.15, -0.1) is 10.2 Å². The summed E-state index contributed by atoms with van der Waals surface area (Å²) >= 11 is 0. The van der Waals surface area contributed by atoms with Crippen LogP contribution in [0.15, 0.2) is 6.07 Å². The van der Waals surface area contributed by atoms with Gasteiger partial charge in [-0.25, -0.2) is 0 Å². The van der Waals surface area contributed by atoms with Gasteiger partial charge in [0.2, 0.25) is 0 Å². The number of aryl methyl sites for hydroxylation is 3. The van der Waals surface area contributed by atoms with Crippen molar-refractivity contribution >= 4 is 5.91 Å². The zero-order chi connectivity index (χ0) is 17.6. The molecule has 1 unspecified atom stereocenters. The Morgan fingerprint density at radius 3 is 2.92 bits per heavy atom. The second-order valence-corrected chi connectivity index (χ2v) is 7.32. The Morgan fingerprint density at radius 1 is 1.32 bits per heavy atom. The average Bonchev–Trinajstić information content (AvgIpc) is 3.17. The summed E-state index contributed by atoms with van der Waals surface area (Å²) in [5.41, 5.74) is 1.74. The second kappa shape index (κ2) is 6.25. The highest BCUT2D eigenvalue weighted by molar-refractivity contribution is 5.92. The molecule has 0 saturated carbocycles. The number of carbonyl (C=O) groups is 1. The summed E-state index contributed by atoms with van der Waals surface area (Å²) in [7, 11) is 4.07. The molecule has 0 bridgehead atoms. The van der Waals surface area contributed by atoms with Gasteiger partial charge in [-0.1, -0.05) is 0 Å². The maximum Gasteiger partial charge on any atom is 0.275 e. The van der Waals surface area contributed by atoms with Crippen LogP contribution in [-0.2, 0) is 26.1 Å². The fourth-order valence-corrected chi connectivity index (χ4v) is 3.86. The molecule has 0 aliphatic carbocycles. The summed E-state index contributed by atoms with van der Waals surface area (Å²) in [6.45, 7) is 4.89. The summed E-state index contributed by atoms with van der Waals surface area (Å²) in [6.07, 6.45) is 3.32. The van der Waals surface area contributed by atoms with Gasteiger partial charge >= 0.3 is 0 Å². The lowest BCUT2D eigenvalue weighted by Gasteiger charge is -2.37. The first-order valence-corrected chi connectivity index (χ1v) is 8.94. The number of hydrogen-bond acceptors (Lipinski definition) is 5. The van der Waals surface area contributed by atoms with E-state index in [1.165, 1.54) is 12.1 Å². The van der Waals surface area contributed by atoms with Crippen molar-refractivity contribution in [3.63, 3.8) is 0 Å². The molecule has 2 aromatic heterocycles. The third-order valence-electron chi connectivity index (χ3n) is 5.13. The topological polar surface area (TPSA) is 72.1 Å². The molecule has 2 aliphatic heterocycles. The van der Waals surface area contributed by atoms with Crippen LogP contribution < -0.4 is 0 Å². The van der Waals surface area contributed by atoms with Crippen LogP contribution >= 0.6 is 0 Å². The molecule has 0 aromatic carbocycles. The van der Waals surface area contributed by atoms with Crippen LogP contribution in [-0.4, -0.2) is 66.9 Å². The summed E-state index contributed by atoms with van der Waals surface area (Å²) in [4.78, 5) is 17.2. The van der Waals surface area contributed by atoms with Crippen molar-refractivity contribution in [1.82, 2.24) is 34.3 Å². The number of carbonyl (C=O) groups excluding carboxylic acids is 1. The Morgan fingerprint density at radius 2 is 2.16 bits per heavy atom. The van der Waals surface area contributed by atoms with Crippen LogP contribution in [0, 0.1) is 6.92 Å². The number of amides is 1. The number of aromatic nitrogens is 5. The summed E-state index contributed by atoms with van der Waals surface area (Å²) in [5, 5.41) is 13.0. The van der Waals surface area contributed by atoms with Crippen LogP contribution in [0.3, 0.4) is 0 Å². The quantitative estimate of drug-likeness (QED) is 0.821. The van der Waals surface area contributed by atoms with E-state index in [9.17, 15) is 4.79 Å². The maximum absolute atomic E-state index is 13.2. The smallest absolute Gasteiger partial charge is 0.275 e. The van der Waals surface area contributed by atoms with Gasteiger partial charge in [-0.3, -0.25) is 9.48 Å². The highest BCUT2D eigenvalue weighted by atomic mass is 16.2. The Bertz CT molecular complexity index is 768. The molecule has 8 nitrogen and oxygen atoms in total. The molecule has 0 spiro atoms. The van der Waals surface area contributed by atoms with Crippen LogP contribution in [0.4, 0.5) is 0 Å². The second-order valence-electron chi connectivity index (χ2n) is 7.32. The van der Waals surface area contributed by atoms with Gasteiger partial charge in [-0.05, 0) is 46.3 Å². The van der Waals surface area contributed by atoms with Gasteiger partial charge in [0.15, 0.2) is 11.5 Å². The first-order chi connectivity index (χ1) is 12.0. The molecule has 4 heterocycles. The van der Waals surface area contributed by atoms with Gasteiger partial charge in [0.25, 0.3) is 5.91 Å². The molecule has 0 N–H and O–H groups in total. The predicted molar refractivity (Wildman–Crippen MR) is 92.1 cm³/mol. The molecule has 25 heavy (non-hydrogen) atoms. The van der Waals surface area contributed by atoms with Crippen molar-refractivity contribution in [3.8, 4) is 0 Å². The number of likely N-dealkylation sites (N-methyl/N-ethyl adjacent to an activating group) is 1. The largest absolute Gasteiger partial charge is 0.324 e. The summed E-state index contributed by atoms with van der Waals surface area (Å²) in [5.74, 6) is 1.76. The minimum atomic E-state index is 0.000605. The first kappa shape index (κ1) is 16.3. The van der Waals surface area contributed by atoms with Crippen molar-refractivity contribution in [2.75, 3.05) is 20.6 Å². The lowest BCUT2D eigenvalue weighted by molar-refractivity contribution is 0.0536. The van der Waals surface area contributed by atoms with Gasteiger partial charge in [0, 0.05) is 25.3 Å². The average molecular weight is 343 g/mol. The van der Waals surface area contributed by atoms with E-state index in [0.29, 0.717) is 12.2 Å². The van der Waals surface area contributed by atoms with Gasteiger partial charge < -0.3 is 14.4 Å². The van der Waals surface area contributed by atoms with Crippen molar-refractivity contribution in [2.24, 2.45) is 0 Å². The van der Waals surface area contributed by atoms with Crippen molar-refractivity contribution in [3.05, 3.63) is 29.1 Å². The predicted octanol–water partition coefficient (Wildman–Crippen LogP) is 0.706. The van der Waals surface area contributed by atoms with Crippen molar-refractivity contribution in [2.45, 2.75) is 51.9 Å². The normalized spacial score (nSPS) is 19.8. The minimum absolute atomic E-state index is 0.000605. The van der Waals surface area contributed by atoms with Crippen LogP contribution in [0.5, 0.6) is 0 Å². The van der Waals surface area contributed by atoms with E-state index >= 15 is 0 Å². The molecule has 0 fully saturated rings. The van der Waals surface area contributed by atoms with Gasteiger partial charge in [-0.2, -0.15) is 5.10 Å². The molecule has 2 aromatic rings. The molecule has 2 aliphatic rings. The highest BCUT2D eigenvalue weighted by Gasteiger charge is 2.34. The standard InChI is InChI=1S/C17H25N7O/c1-12-18-19-16-11-23(14(9-21(2)3)10-22(12)16)17(25)15-8-13-6-4-5-7-24(13)20-15/h8,14H,4-7,9-11H2,1-3H3. The fraction of sp³-hybridized carbons (Fsp3) is 0.647. The first-order valence-electron chi connectivity index (χ1n) is 8.94. The molecule has 0 saturated heterocycles. The molecule has 8 heteroatoms. The molecule has 1 amide bonds. The molecule has 1 atom stereocenters. The SMILES string of the molecule is Cc1nnc2n1CC(CN(C)C)N(C(=O)c1cc3n(n1)CCCC3)C2. The van der Waals surface area contributed by atoms with E-state index in [2.05, 4.69) is 24.8 Å². The third-order valence-corrected chi connectivity index (χ3v) is 5.13. The lowest BCUT2D eigenvalue weighted by Crippen LogP contribution is -2.51. The monoisotopic (exact) mass is 343 g/mol. The van der Waals surface area contributed by atoms with E-state index in [-0.39, 0.29) is 11.9 Å². The lowest BCUT2D eigenvalue weighted by atomic mass is 10.1. The molecular weight excluding hydrogens is 318 g/mol. The van der Waals surface area contributed by atoms with Gasteiger partial charge in [0.05, 0.1) is 12.6 Å². The van der Waals surface area contributed by atoms with E-state index in [4.69, 9.17) is 0 Å². The Hall–Kier alpha value is -2.22. The zero-order valence-corrected chi connectivity index (χ0v) is 15.1. The fourth-order valence-electron chi connectivity index (χ4n) is 3.86. The number of fused-ring (bicyclic) bond motifs is 2. The summed E-state index contributed by atoms with van der Waals surface area (Å²) < 4.78 is 4.12. The van der Waals surface area contributed by atoms with E-state index in [0.717, 1.165) is 44.1 Å². The molecule has 0 radical (unpaired) electrons. The highest BCUT2D eigenvalue weighted by Crippen LogP contribution is 2.22. The molecule has 134 valence electrons. The Kier molecular flexibility index (Phi) is 4.07. The van der Waals surface area contributed by atoms with E-state index in [1.807, 2.05) is 36.7 Å². The van der Waals surface area contributed by atoms with Crippen molar-refractivity contribution < 1.29 is 4.79 Å². The third kappa shape index (κ3) is 2.95. The zero-order valence-electron chi connectivity index (χ0n) is 15.1. The maximum atomic E-state index is 13.2. The number of hydrogen-bond donors (Lipinski definition) is 0. The molecular formula is C17H25N7O. The number of rotatable bonds is 3. The van der Waals surface area contributed by atoms with Crippen molar-refractivity contribution in [1.29, 1.82) is 0 Å². The van der Waals surface area contributed by atoms with Gasteiger partial charge in [0.1, 0.15) is 5.82 Å². The van der Waals surface area contributed by atoms with Crippen LogP contribution in [0.25, 0.3) is 0 Å². The van der Waals surface area contributed by atoms with E-state index < -0.39 is 0 Å². The number of nitrogens with zero attached hydrogens (tertiary/aromatic N) is 7. The summed E-state index contributed by atoms with van der Waals surface area (Å²) in [6, 6.07) is 2.06.